The summed E-state index contributed by atoms with van der Waals surface area (Å²) >= 11 is 0. The lowest BCUT2D eigenvalue weighted by molar-refractivity contribution is -0.181. The van der Waals surface area contributed by atoms with E-state index >= 15 is 0 Å². The van der Waals surface area contributed by atoms with Crippen LogP contribution in [0.5, 0.6) is 0 Å². The van der Waals surface area contributed by atoms with Crippen LogP contribution in [0, 0.1) is 50.7 Å². The van der Waals surface area contributed by atoms with Crippen LogP contribution in [0.2, 0.25) is 0 Å². The van der Waals surface area contributed by atoms with E-state index in [0.717, 1.165) is 38.5 Å². The Morgan fingerprint density at radius 3 is 2.31 bits per heavy atom. The standard InChI is InChI=1S/C29H41F3O3/c1-16-13-22(29(30,31)32)35-18-14-26(6)20-8-7-19-24(3,4)21(34-17(2)33)9-10-27(19)15-28(20,27)12-11-25(26,5)23(16)18/h13,16,18-21,23H,7-12,14-15H2,1-6H3/t16-,18?,19+,20+,21+,23?,25-,26+,27-,28+/m1/s1. The first kappa shape index (κ1) is 24.2. The van der Waals surface area contributed by atoms with Gasteiger partial charge in [-0.15, -0.1) is 0 Å². The fourth-order valence-electron chi connectivity index (χ4n) is 11.6. The van der Waals surface area contributed by atoms with Gasteiger partial charge in [-0.1, -0.05) is 34.6 Å². The molecule has 0 radical (unpaired) electrons. The van der Waals surface area contributed by atoms with Crippen LogP contribution in [0.25, 0.3) is 0 Å². The van der Waals surface area contributed by atoms with Crippen LogP contribution in [0.1, 0.15) is 92.9 Å². The van der Waals surface area contributed by atoms with Gasteiger partial charge >= 0.3 is 12.1 Å². The molecule has 2 spiro atoms. The summed E-state index contributed by atoms with van der Waals surface area (Å²) < 4.78 is 52.4. The third-order valence-electron chi connectivity index (χ3n) is 12.9. The minimum atomic E-state index is -4.42. The topological polar surface area (TPSA) is 35.5 Å². The molecule has 6 rings (SSSR count). The van der Waals surface area contributed by atoms with Crippen LogP contribution < -0.4 is 0 Å². The number of carbonyl (C=O) groups is 1. The van der Waals surface area contributed by atoms with Gasteiger partial charge in [-0.2, -0.15) is 13.2 Å². The van der Waals surface area contributed by atoms with Crippen molar-refractivity contribution >= 4 is 5.97 Å². The van der Waals surface area contributed by atoms with Crippen molar-refractivity contribution in [3.05, 3.63) is 11.8 Å². The number of halogens is 3. The van der Waals surface area contributed by atoms with Gasteiger partial charge in [-0.05, 0) is 96.9 Å². The predicted octanol–water partition coefficient (Wildman–Crippen LogP) is 7.45. The molecule has 10 atom stereocenters. The molecule has 2 unspecified atom stereocenters. The van der Waals surface area contributed by atoms with Crippen molar-refractivity contribution in [1.82, 2.24) is 0 Å². The van der Waals surface area contributed by atoms with Crippen molar-refractivity contribution in [2.24, 2.45) is 50.7 Å². The first-order valence-electron chi connectivity index (χ1n) is 13.8. The molecule has 35 heavy (non-hydrogen) atoms. The number of fused-ring (bicyclic) bond motifs is 4. The number of esters is 1. The van der Waals surface area contributed by atoms with Gasteiger partial charge in [0, 0.05) is 18.3 Å². The molecular formula is C29H41F3O3. The first-order chi connectivity index (χ1) is 16.1. The van der Waals surface area contributed by atoms with Gasteiger partial charge in [0.2, 0.25) is 0 Å². The van der Waals surface area contributed by atoms with Gasteiger partial charge in [0.25, 0.3) is 0 Å². The summed E-state index contributed by atoms with van der Waals surface area (Å²) in [6.07, 6.45) is 5.10. The van der Waals surface area contributed by atoms with E-state index in [1.807, 2.05) is 6.92 Å². The lowest BCUT2D eigenvalue weighted by atomic mass is 9.42. The SMILES string of the molecule is CC(=O)O[C@H]1CC[C@]23C[C@]24CC[C@]2(C)C5C(C[C@@]2(C)[C@@H]4CC[C@H]3C1(C)C)OC(C(F)(F)F)=C[C@H]5C. The van der Waals surface area contributed by atoms with Crippen molar-refractivity contribution in [2.75, 3.05) is 0 Å². The van der Waals surface area contributed by atoms with E-state index in [1.54, 1.807) is 0 Å². The molecule has 0 amide bonds. The molecular weight excluding hydrogens is 453 g/mol. The number of carbonyl (C=O) groups excluding carboxylic acids is 1. The van der Waals surface area contributed by atoms with E-state index in [1.165, 1.54) is 25.8 Å². The monoisotopic (exact) mass is 494 g/mol. The Bertz CT molecular complexity index is 986. The zero-order valence-corrected chi connectivity index (χ0v) is 22.1. The van der Waals surface area contributed by atoms with Gasteiger partial charge in [0.15, 0.2) is 5.76 Å². The smallest absolute Gasteiger partial charge is 0.448 e. The van der Waals surface area contributed by atoms with Crippen LogP contribution in [0.15, 0.2) is 11.8 Å². The molecule has 0 saturated heterocycles. The second-order valence-corrected chi connectivity index (χ2v) is 14.2. The molecule has 1 heterocycles. The molecule has 5 aliphatic carbocycles. The quantitative estimate of drug-likeness (QED) is 0.355. The molecule has 0 aromatic rings. The minimum absolute atomic E-state index is 0.0122. The normalized spacial score (nSPS) is 53.6. The number of hydrogen-bond donors (Lipinski definition) is 0. The Kier molecular flexibility index (Phi) is 4.70. The summed E-state index contributed by atoms with van der Waals surface area (Å²) in [7, 11) is 0. The molecule has 1 aliphatic heterocycles. The lowest BCUT2D eigenvalue weighted by Gasteiger charge is -2.63. The van der Waals surface area contributed by atoms with Gasteiger partial charge in [0.1, 0.15) is 12.2 Å². The summed E-state index contributed by atoms with van der Waals surface area (Å²) in [5.74, 6) is 0.113. The molecule has 196 valence electrons. The molecule has 0 N–H and O–H groups in total. The van der Waals surface area contributed by atoms with Crippen LogP contribution in [0.3, 0.4) is 0 Å². The van der Waals surface area contributed by atoms with Crippen molar-refractivity contribution in [3.8, 4) is 0 Å². The van der Waals surface area contributed by atoms with Gasteiger partial charge < -0.3 is 9.47 Å². The molecule has 0 aromatic heterocycles. The highest BCUT2D eigenvalue weighted by Gasteiger charge is 2.83. The van der Waals surface area contributed by atoms with Crippen molar-refractivity contribution in [2.45, 2.75) is 111 Å². The third kappa shape index (κ3) is 2.78. The maximum atomic E-state index is 13.6. The number of allylic oxidation sites excluding steroid dienone is 2. The predicted molar refractivity (Wildman–Crippen MR) is 126 cm³/mol. The maximum Gasteiger partial charge on any atom is 0.448 e. The summed E-state index contributed by atoms with van der Waals surface area (Å²) in [6.45, 7) is 12.9. The fourth-order valence-corrected chi connectivity index (χ4v) is 11.6. The average molecular weight is 495 g/mol. The second kappa shape index (κ2) is 6.81. The molecule has 3 nitrogen and oxygen atoms in total. The van der Waals surface area contributed by atoms with Crippen LogP contribution in [-0.4, -0.2) is 24.4 Å². The first-order valence-corrected chi connectivity index (χ1v) is 13.8. The number of ether oxygens (including phenoxy) is 2. The van der Waals surface area contributed by atoms with Crippen LogP contribution in [-0.2, 0) is 14.3 Å². The largest absolute Gasteiger partial charge is 0.486 e. The Morgan fingerprint density at radius 2 is 1.66 bits per heavy atom. The zero-order valence-electron chi connectivity index (χ0n) is 22.1. The van der Waals surface area contributed by atoms with Gasteiger partial charge in [-0.3, -0.25) is 4.79 Å². The molecule has 5 saturated carbocycles. The van der Waals surface area contributed by atoms with Crippen molar-refractivity contribution < 1.29 is 27.4 Å². The Hall–Kier alpha value is -1.20. The Balaban J connectivity index is 1.33. The lowest BCUT2D eigenvalue weighted by Crippen LogP contribution is -2.58. The number of alkyl halides is 3. The number of rotatable bonds is 1. The van der Waals surface area contributed by atoms with Crippen molar-refractivity contribution in [1.29, 1.82) is 0 Å². The second-order valence-electron chi connectivity index (χ2n) is 14.2. The van der Waals surface area contributed by atoms with Gasteiger partial charge in [0.05, 0.1) is 0 Å². The van der Waals surface area contributed by atoms with Crippen LogP contribution in [0.4, 0.5) is 13.2 Å². The Morgan fingerprint density at radius 1 is 1.00 bits per heavy atom. The highest BCUT2D eigenvalue weighted by atomic mass is 19.4. The van der Waals surface area contributed by atoms with E-state index in [2.05, 4.69) is 27.7 Å². The van der Waals surface area contributed by atoms with Gasteiger partial charge in [-0.25, -0.2) is 0 Å². The summed E-state index contributed by atoms with van der Waals surface area (Å²) in [5, 5.41) is 0. The Labute approximate surface area is 207 Å². The van der Waals surface area contributed by atoms with Crippen molar-refractivity contribution in [3.63, 3.8) is 0 Å². The summed E-state index contributed by atoms with van der Waals surface area (Å²) in [5.41, 5.74) is 0.513. The zero-order chi connectivity index (χ0) is 25.4. The van der Waals surface area contributed by atoms with E-state index in [-0.39, 0.29) is 46.3 Å². The highest BCUT2D eigenvalue weighted by Crippen LogP contribution is 2.89. The highest BCUT2D eigenvalue weighted by molar-refractivity contribution is 5.66. The van der Waals surface area contributed by atoms with E-state index in [0.29, 0.717) is 22.7 Å². The fraction of sp³-hybridized carbons (Fsp3) is 0.897. The maximum absolute atomic E-state index is 13.6. The van der Waals surface area contributed by atoms with E-state index < -0.39 is 11.9 Å². The molecule has 5 fully saturated rings. The number of hydrogen-bond acceptors (Lipinski definition) is 3. The molecule has 6 aliphatic rings. The molecule has 0 bridgehead atoms. The summed E-state index contributed by atoms with van der Waals surface area (Å²) in [4.78, 5) is 11.8. The minimum Gasteiger partial charge on any atom is -0.486 e. The molecule has 6 heteroatoms. The average Bonchev–Trinajstić information content (AvgIpc) is 3.33. The summed E-state index contributed by atoms with van der Waals surface area (Å²) in [6, 6.07) is 0. The van der Waals surface area contributed by atoms with Crippen LogP contribution >= 0.6 is 0 Å². The third-order valence-corrected chi connectivity index (χ3v) is 12.9. The molecule has 0 aromatic carbocycles. The van der Waals surface area contributed by atoms with E-state index in [4.69, 9.17) is 9.47 Å². The van der Waals surface area contributed by atoms with E-state index in [9.17, 15) is 18.0 Å².